The molecular weight excluding hydrogens is 104 g/mol. The molecule has 2 heteroatoms. The Morgan fingerprint density at radius 3 is 2.62 bits per heavy atom. The van der Waals surface area contributed by atoms with Gasteiger partial charge in [0.25, 0.3) is 0 Å². The van der Waals surface area contributed by atoms with Crippen molar-refractivity contribution in [3.05, 3.63) is 12.3 Å². The fraction of sp³-hybridized carbons (Fsp3) is 0.667. The van der Waals surface area contributed by atoms with Crippen molar-refractivity contribution in [2.75, 3.05) is 6.61 Å². The molecule has 2 nitrogen and oxygen atoms in total. The Morgan fingerprint density at radius 1 is 1.38 bits per heavy atom. The van der Waals surface area contributed by atoms with Crippen molar-refractivity contribution in [1.82, 2.24) is 0 Å². The molecule has 0 aliphatic carbocycles. The normalized spacial score (nSPS) is 10.2. The predicted molar refractivity (Wildman–Crippen MR) is 32.1 cm³/mol. The summed E-state index contributed by atoms with van der Waals surface area (Å²) < 4.78 is 0. The van der Waals surface area contributed by atoms with Crippen LogP contribution in [0.5, 0.6) is 0 Å². The number of rotatable bonds is 4. The molecule has 0 aromatic rings. The lowest BCUT2D eigenvalue weighted by molar-refractivity contribution is -0.244. The lowest BCUT2D eigenvalue weighted by Crippen LogP contribution is -1.83. The average Bonchev–Trinajstić information content (AvgIpc) is 1.81. The third kappa shape index (κ3) is 5.50. The molecule has 8 heavy (non-hydrogen) atoms. The molecule has 0 bridgehead atoms. The van der Waals surface area contributed by atoms with Gasteiger partial charge in [-0.05, 0) is 19.4 Å². The first kappa shape index (κ1) is 7.50. The van der Waals surface area contributed by atoms with Crippen molar-refractivity contribution in [1.29, 1.82) is 0 Å². The Bertz CT molecular complexity index is 59.5. The van der Waals surface area contributed by atoms with E-state index in [2.05, 4.69) is 9.78 Å². The molecule has 0 saturated carbocycles. The minimum atomic E-state index is 0.591. The molecular formula is C6H12O2. The summed E-state index contributed by atoms with van der Waals surface area (Å²) in [4.78, 5) is 9.09. The van der Waals surface area contributed by atoms with Crippen LogP contribution in [0.3, 0.4) is 0 Å². The molecule has 0 amide bonds. The van der Waals surface area contributed by atoms with Crippen LogP contribution in [0.15, 0.2) is 12.3 Å². The summed E-state index contributed by atoms with van der Waals surface area (Å²) in [5, 5.41) is 0. The van der Waals surface area contributed by atoms with E-state index >= 15 is 0 Å². The SMILES string of the molecule is CCC=COOCC. The van der Waals surface area contributed by atoms with Crippen molar-refractivity contribution in [3.8, 4) is 0 Å². The van der Waals surface area contributed by atoms with E-state index in [-0.39, 0.29) is 0 Å². The second kappa shape index (κ2) is 6.50. The maximum absolute atomic E-state index is 4.55. The van der Waals surface area contributed by atoms with Crippen LogP contribution >= 0.6 is 0 Å². The van der Waals surface area contributed by atoms with Crippen molar-refractivity contribution < 1.29 is 9.78 Å². The zero-order chi connectivity index (χ0) is 6.24. The zero-order valence-corrected chi connectivity index (χ0v) is 5.39. The van der Waals surface area contributed by atoms with Gasteiger partial charge in [0.05, 0.1) is 6.61 Å². The van der Waals surface area contributed by atoms with Gasteiger partial charge in [-0.3, -0.25) is 0 Å². The largest absolute Gasteiger partial charge is 0.346 e. The summed E-state index contributed by atoms with van der Waals surface area (Å²) >= 11 is 0. The summed E-state index contributed by atoms with van der Waals surface area (Å²) in [6, 6.07) is 0. The molecule has 0 N–H and O–H groups in total. The van der Waals surface area contributed by atoms with Gasteiger partial charge in [-0.1, -0.05) is 6.92 Å². The van der Waals surface area contributed by atoms with Crippen LogP contribution in [0.4, 0.5) is 0 Å². The number of hydrogen-bond donors (Lipinski definition) is 0. The number of allylic oxidation sites excluding steroid dienone is 1. The molecule has 0 aliphatic rings. The Hall–Kier alpha value is -0.500. The molecule has 0 fully saturated rings. The summed E-state index contributed by atoms with van der Waals surface area (Å²) in [6.07, 6.45) is 4.41. The number of hydrogen-bond acceptors (Lipinski definition) is 2. The summed E-state index contributed by atoms with van der Waals surface area (Å²) in [5.74, 6) is 0. The molecule has 0 aliphatic heterocycles. The van der Waals surface area contributed by atoms with Gasteiger partial charge in [-0.2, -0.15) is 4.89 Å². The first-order chi connectivity index (χ1) is 3.91. The van der Waals surface area contributed by atoms with Crippen molar-refractivity contribution in [3.63, 3.8) is 0 Å². The summed E-state index contributed by atoms with van der Waals surface area (Å²) in [5.41, 5.74) is 0. The van der Waals surface area contributed by atoms with Crippen molar-refractivity contribution >= 4 is 0 Å². The highest BCUT2D eigenvalue weighted by atomic mass is 17.2. The quantitative estimate of drug-likeness (QED) is 0.241. The van der Waals surface area contributed by atoms with Gasteiger partial charge in [0.15, 0.2) is 0 Å². The third-order valence-electron chi connectivity index (χ3n) is 0.573. The molecule has 0 atom stereocenters. The molecule has 48 valence electrons. The average molecular weight is 116 g/mol. The van der Waals surface area contributed by atoms with Crippen LogP contribution < -0.4 is 0 Å². The van der Waals surface area contributed by atoms with Crippen LogP contribution in [0, 0.1) is 0 Å². The molecule has 0 aromatic carbocycles. The summed E-state index contributed by atoms with van der Waals surface area (Å²) in [6.45, 7) is 4.50. The maximum atomic E-state index is 4.55. The lowest BCUT2D eigenvalue weighted by Gasteiger charge is -1.92. The molecule has 0 heterocycles. The molecule has 0 saturated heterocycles. The van der Waals surface area contributed by atoms with Crippen LogP contribution in [0.1, 0.15) is 20.3 Å². The van der Waals surface area contributed by atoms with E-state index in [0.29, 0.717) is 6.61 Å². The Labute approximate surface area is 50.0 Å². The van der Waals surface area contributed by atoms with Crippen LogP contribution in [-0.4, -0.2) is 6.61 Å². The van der Waals surface area contributed by atoms with Gasteiger partial charge >= 0.3 is 0 Å². The Morgan fingerprint density at radius 2 is 2.12 bits per heavy atom. The smallest absolute Gasteiger partial charge is 0.125 e. The fourth-order valence-electron chi connectivity index (χ4n) is 0.243. The van der Waals surface area contributed by atoms with E-state index in [1.54, 1.807) is 6.26 Å². The van der Waals surface area contributed by atoms with Crippen molar-refractivity contribution in [2.24, 2.45) is 0 Å². The summed E-state index contributed by atoms with van der Waals surface area (Å²) in [7, 11) is 0. The Balaban J connectivity index is 2.80. The predicted octanol–water partition coefficient (Wildman–Crippen LogP) is 1.88. The van der Waals surface area contributed by atoms with Crippen LogP contribution in [-0.2, 0) is 9.78 Å². The fourth-order valence-corrected chi connectivity index (χ4v) is 0.243. The van der Waals surface area contributed by atoms with E-state index in [1.165, 1.54) is 0 Å². The molecule has 0 radical (unpaired) electrons. The molecule has 0 aromatic heterocycles. The zero-order valence-electron chi connectivity index (χ0n) is 5.39. The van der Waals surface area contributed by atoms with Gasteiger partial charge in [0.2, 0.25) is 0 Å². The van der Waals surface area contributed by atoms with E-state index in [0.717, 1.165) is 6.42 Å². The second-order valence-corrected chi connectivity index (χ2v) is 1.28. The first-order valence-electron chi connectivity index (χ1n) is 2.85. The highest BCUT2D eigenvalue weighted by molar-refractivity contribution is 4.68. The Kier molecular flexibility index (Phi) is 6.09. The van der Waals surface area contributed by atoms with Gasteiger partial charge < -0.3 is 4.89 Å². The van der Waals surface area contributed by atoms with Crippen LogP contribution in [0.2, 0.25) is 0 Å². The second-order valence-electron chi connectivity index (χ2n) is 1.28. The third-order valence-corrected chi connectivity index (χ3v) is 0.573. The van der Waals surface area contributed by atoms with E-state index in [9.17, 15) is 0 Å². The topological polar surface area (TPSA) is 18.5 Å². The molecule has 0 rings (SSSR count). The van der Waals surface area contributed by atoms with Crippen LogP contribution in [0.25, 0.3) is 0 Å². The highest BCUT2D eigenvalue weighted by Crippen LogP contribution is 1.82. The van der Waals surface area contributed by atoms with E-state index < -0.39 is 0 Å². The van der Waals surface area contributed by atoms with Gasteiger partial charge in [0.1, 0.15) is 6.26 Å². The first-order valence-corrected chi connectivity index (χ1v) is 2.85. The van der Waals surface area contributed by atoms with Gasteiger partial charge in [0, 0.05) is 0 Å². The minimum absolute atomic E-state index is 0.591. The molecule has 0 spiro atoms. The molecule has 0 unspecified atom stereocenters. The van der Waals surface area contributed by atoms with Crippen molar-refractivity contribution in [2.45, 2.75) is 20.3 Å². The minimum Gasteiger partial charge on any atom is -0.346 e. The lowest BCUT2D eigenvalue weighted by atomic mass is 10.5. The van der Waals surface area contributed by atoms with Gasteiger partial charge in [-0.15, -0.1) is 0 Å². The van der Waals surface area contributed by atoms with E-state index in [1.807, 2.05) is 19.9 Å². The maximum Gasteiger partial charge on any atom is 0.125 e. The van der Waals surface area contributed by atoms with Gasteiger partial charge in [-0.25, -0.2) is 0 Å². The highest BCUT2D eigenvalue weighted by Gasteiger charge is 1.71. The monoisotopic (exact) mass is 116 g/mol. The standard InChI is InChI=1S/C6H12O2/c1-3-5-6-8-7-4-2/h5-6H,3-4H2,1-2H3. The van der Waals surface area contributed by atoms with E-state index in [4.69, 9.17) is 0 Å².